The summed E-state index contributed by atoms with van der Waals surface area (Å²) in [7, 11) is 5.67. The summed E-state index contributed by atoms with van der Waals surface area (Å²) in [5.41, 5.74) is 4.93. The Kier molecular flexibility index (Phi) is 11.9. The van der Waals surface area contributed by atoms with Crippen LogP contribution < -0.4 is 9.47 Å². The number of benzene rings is 1. The summed E-state index contributed by atoms with van der Waals surface area (Å²) in [6.07, 6.45) is 0.0735. The fraction of sp³-hybridized carbons (Fsp3) is 0.611. The van der Waals surface area contributed by atoms with E-state index in [4.69, 9.17) is 19.0 Å². The van der Waals surface area contributed by atoms with Crippen molar-refractivity contribution in [3.63, 3.8) is 0 Å². The van der Waals surface area contributed by atoms with Crippen molar-refractivity contribution in [1.82, 2.24) is 9.88 Å². The second-order valence-electron chi connectivity index (χ2n) is 6.28. The zero-order valence-corrected chi connectivity index (χ0v) is 20.4. The number of aromatic nitrogens is 1. The summed E-state index contributed by atoms with van der Waals surface area (Å²) in [4.78, 5) is 11.9. The summed E-state index contributed by atoms with van der Waals surface area (Å²) in [5, 5.41) is 0.895. The van der Waals surface area contributed by atoms with Crippen LogP contribution in [0.2, 0.25) is 0 Å². The predicted molar refractivity (Wildman–Crippen MR) is 104 cm³/mol. The Morgan fingerprint density at radius 3 is 2.59 bits per heavy atom. The Balaban J connectivity index is 0.00000364. The van der Waals surface area contributed by atoms with E-state index in [2.05, 4.69) is 15.4 Å². The number of methoxy groups -OCH3 is 1. The van der Waals surface area contributed by atoms with Crippen LogP contribution in [0.4, 0.5) is 0 Å². The normalized spacial score (nSPS) is 11.2. The molecule has 0 unspecified atom stereocenters. The number of thiazole rings is 1. The van der Waals surface area contributed by atoms with Crippen LogP contribution in [0.3, 0.4) is 0 Å². The van der Waals surface area contributed by atoms with Gasteiger partial charge in [-0.05, 0) is 27.9 Å². The third-order valence-corrected chi connectivity index (χ3v) is 4.37. The molecule has 1 aromatic heterocycles. The van der Waals surface area contributed by atoms with Crippen molar-refractivity contribution in [2.75, 3.05) is 47.6 Å². The van der Waals surface area contributed by atoms with Crippen molar-refractivity contribution >= 4 is 21.6 Å². The molecule has 2 aromatic rings. The third kappa shape index (κ3) is 8.68. The molecular weight excluding hydrogens is 443 g/mol. The van der Waals surface area contributed by atoms with Crippen LogP contribution in [0.25, 0.3) is 15.7 Å². The van der Waals surface area contributed by atoms with Crippen molar-refractivity contribution in [3.05, 3.63) is 22.6 Å². The van der Waals surface area contributed by atoms with Crippen LogP contribution in [0.1, 0.15) is 18.9 Å². The van der Waals surface area contributed by atoms with Crippen molar-refractivity contribution < 1.29 is 51.8 Å². The van der Waals surface area contributed by atoms with Gasteiger partial charge >= 0.3 is 0 Å². The number of nitrogens with zero attached hydrogens (tertiary/aromatic N) is 3. The maximum atomic E-state index is 5.82. The number of ether oxygens (including phenoxy) is 3. The molecule has 1 heterocycles. The number of hydrogen-bond donors (Lipinski definition) is 0. The molecule has 9 heteroatoms. The molecule has 0 aliphatic carbocycles. The monoisotopic (exact) mass is 471 g/mol. The van der Waals surface area contributed by atoms with Gasteiger partial charge in [0.05, 0.1) is 35.5 Å². The van der Waals surface area contributed by atoms with Gasteiger partial charge in [0.25, 0.3) is 0 Å². The minimum absolute atomic E-state index is 0. The van der Waals surface area contributed by atoms with Gasteiger partial charge in [0.15, 0.2) is 11.5 Å². The summed E-state index contributed by atoms with van der Waals surface area (Å²) >= 11 is 1.58. The first-order valence-corrected chi connectivity index (χ1v) is 9.46. The average molecular weight is 471 g/mol. The molecule has 149 valence electrons. The molecule has 0 atom stereocenters. The second-order valence-corrected chi connectivity index (χ2v) is 7.40. The number of fused-ring (bicyclic) bond motifs is 1. The van der Waals surface area contributed by atoms with Crippen LogP contribution >= 0.6 is 11.3 Å². The molecule has 7 nitrogen and oxygen atoms in total. The Morgan fingerprint density at radius 1 is 1.15 bits per heavy atom. The van der Waals surface area contributed by atoms with Gasteiger partial charge in [-0.2, -0.15) is 0 Å². The van der Waals surface area contributed by atoms with Gasteiger partial charge in [-0.1, -0.05) is 6.54 Å². The largest absolute Gasteiger partial charge is 0.528 e. The summed E-state index contributed by atoms with van der Waals surface area (Å²) < 4.78 is 17.8. The molecule has 0 fully saturated rings. The van der Waals surface area contributed by atoms with E-state index in [9.17, 15) is 0 Å². The van der Waals surface area contributed by atoms with Crippen molar-refractivity contribution in [1.29, 1.82) is 0 Å². The maximum Gasteiger partial charge on any atom is 0.163 e. The Hall–Kier alpha value is -0.346. The first kappa shape index (κ1) is 24.7. The van der Waals surface area contributed by atoms with Gasteiger partial charge in [0, 0.05) is 57.5 Å². The molecule has 0 amide bonds. The topological polar surface area (TPSA) is 67.2 Å². The van der Waals surface area contributed by atoms with Crippen molar-refractivity contribution in [2.24, 2.45) is 0 Å². The van der Waals surface area contributed by atoms with Crippen LogP contribution in [0.15, 0.2) is 12.1 Å². The van der Waals surface area contributed by atoms with E-state index >= 15 is 0 Å². The first-order chi connectivity index (χ1) is 12.5. The van der Waals surface area contributed by atoms with E-state index in [1.165, 1.54) is 0 Å². The SMILES string of the molecule is COc1cc2sc(C[N-]OC(C)C)nc2cc1OCCOCCN(C)C.[Y]. The van der Waals surface area contributed by atoms with E-state index in [1.807, 2.05) is 40.1 Å². The van der Waals surface area contributed by atoms with Crippen molar-refractivity contribution in [3.8, 4) is 11.5 Å². The van der Waals surface area contributed by atoms with E-state index in [-0.39, 0.29) is 38.8 Å². The summed E-state index contributed by atoms with van der Waals surface area (Å²) in [5.74, 6) is 1.36. The molecule has 2 rings (SSSR count). The van der Waals surface area contributed by atoms with E-state index in [0.29, 0.717) is 37.9 Å². The Bertz CT molecular complexity index is 682. The minimum atomic E-state index is 0. The number of likely N-dealkylation sites (N-methyl/N-ethyl adjacent to an activating group) is 1. The molecule has 0 aliphatic rings. The molecule has 0 saturated heterocycles. The van der Waals surface area contributed by atoms with Gasteiger partial charge in [-0.25, -0.2) is 4.98 Å². The van der Waals surface area contributed by atoms with Crippen LogP contribution in [-0.4, -0.2) is 63.6 Å². The smallest absolute Gasteiger partial charge is 0.163 e. The van der Waals surface area contributed by atoms with Crippen LogP contribution in [0.5, 0.6) is 11.5 Å². The standard InChI is InChI=1S/C18H28N3O4S.Y/c1-13(2)25-19-12-18-20-14-10-16(15(22-5)11-17(14)26-18)24-9-8-23-7-6-21(3)4;/h10-11,13H,6-9,12H2,1-5H3;/q-1;. The van der Waals surface area contributed by atoms with Crippen LogP contribution in [-0.2, 0) is 48.8 Å². The van der Waals surface area contributed by atoms with Gasteiger partial charge in [-0.15, -0.1) is 11.3 Å². The van der Waals surface area contributed by atoms with Gasteiger partial charge in [-0.3, -0.25) is 0 Å². The second kappa shape index (κ2) is 13.0. The first-order valence-electron chi connectivity index (χ1n) is 8.65. The fourth-order valence-electron chi connectivity index (χ4n) is 2.13. The maximum absolute atomic E-state index is 5.82. The molecule has 1 aromatic carbocycles. The molecule has 0 bridgehead atoms. The predicted octanol–water partition coefficient (Wildman–Crippen LogP) is 3.47. The zero-order valence-electron chi connectivity index (χ0n) is 16.7. The van der Waals surface area contributed by atoms with E-state index in [1.54, 1.807) is 18.4 Å². The summed E-state index contributed by atoms with van der Waals surface area (Å²) in [6.45, 7) is 6.90. The van der Waals surface area contributed by atoms with Gasteiger partial charge in [0.1, 0.15) is 6.61 Å². The summed E-state index contributed by atoms with van der Waals surface area (Å²) in [6, 6.07) is 3.85. The van der Waals surface area contributed by atoms with Crippen LogP contribution in [0, 0.1) is 0 Å². The molecule has 27 heavy (non-hydrogen) atoms. The van der Waals surface area contributed by atoms with E-state index in [0.717, 1.165) is 21.8 Å². The molecule has 0 aliphatic heterocycles. The minimum Gasteiger partial charge on any atom is -0.528 e. The Morgan fingerprint density at radius 2 is 1.93 bits per heavy atom. The molecular formula is C18H28N3O4SY-. The van der Waals surface area contributed by atoms with Gasteiger partial charge in [0.2, 0.25) is 0 Å². The Labute approximate surface area is 190 Å². The zero-order chi connectivity index (χ0) is 18.9. The average Bonchev–Trinajstić information content (AvgIpc) is 2.98. The third-order valence-electron chi connectivity index (χ3n) is 3.37. The number of rotatable bonds is 12. The molecule has 0 saturated carbocycles. The van der Waals surface area contributed by atoms with Gasteiger partial charge < -0.3 is 29.4 Å². The van der Waals surface area contributed by atoms with E-state index < -0.39 is 0 Å². The molecule has 0 N–H and O–H groups in total. The van der Waals surface area contributed by atoms with Crippen molar-refractivity contribution in [2.45, 2.75) is 26.5 Å². The fourth-order valence-corrected chi connectivity index (χ4v) is 3.02. The number of hydroxylamine groups is 1. The molecule has 0 spiro atoms. The molecule has 1 radical (unpaired) electrons. The quantitative estimate of drug-likeness (QED) is 0.349. The number of hydrogen-bond acceptors (Lipinski definition) is 7.